The van der Waals surface area contributed by atoms with Gasteiger partial charge in [0, 0.05) is 57.0 Å². The number of rotatable bonds is 6. The summed E-state index contributed by atoms with van der Waals surface area (Å²) in [6.07, 6.45) is 1.30. The molecule has 1 fully saturated rings. The summed E-state index contributed by atoms with van der Waals surface area (Å²) in [5.41, 5.74) is 4.69. The average Bonchev–Trinajstić information content (AvgIpc) is 2.95. The highest BCUT2D eigenvalue weighted by Gasteiger charge is 2.22. The number of fused-ring (bicyclic) bond motifs is 1. The van der Waals surface area contributed by atoms with Gasteiger partial charge in [-0.3, -0.25) is 14.8 Å². The first-order chi connectivity index (χ1) is 18.0. The lowest BCUT2D eigenvalue weighted by Gasteiger charge is -2.36. The largest absolute Gasteiger partial charge is 0.495 e. The van der Waals surface area contributed by atoms with E-state index in [1.165, 1.54) is 10.5 Å². The van der Waals surface area contributed by atoms with Crippen LogP contribution in [0, 0.1) is 6.92 Å². The van der Waals surface area contributed by atoms with Gasteiger partial charge in [0.1, 0.15) is 11.3 Å². The lowest BCUT2D eigenvalue weighted by molar-refractivity contribution is 0.209. The topological polar surface area (TPSA) is 58.1 Å². The lowest BCUT2D eigenvalue weighted by atomic mass is 10.0. The molecule has 7 heteroatoms. The molecule has 0 aliphatic carbocycles. The SMILES string of the molecule is COc1ccccc1N1CCN(Cc2cc(C)c(OC(=O)N(C)c3ccccc3)c3ncccc23)CC1. The number of benzene rings is 3. The van der Waals surface area contributed by atoms with Gasteiger partial charge in [0.2, 0.25) is 0 Å². The van der Waals surface area contributed by atoms with E-state index in [-0.39, 0.29) is 0 Å². The molecule has 0 radical (unpaired) electrons. The number of carbonyl (C=O) groups excluding carboxylic acids is 1. The molecule has 1 aromatic heterocycles. The van der Waals surface area contributed by atoms with Crippen molar-refractivity contribution in [2.45, 2.75) is 13.5 Å². The van der Waals surface area contributed by atoms with Crippen LogP contribution in [0.3, 0.4) is 0 Å². The zero-order valence-corrected chi connectivity index (χ0v) is 21.6. The molecule has 1 amide bonds. The Morgan fingerprint density at radius 2 is 1.70 bits per heavy atom. The molecule has 190 valence electrons. The van der Waals surface area contributed by atoms with Crippen LogP contribution < -0.4 is 19.3 Å². The minimum Gasteiger partial charge on any atom is -0.495 e. The number of ether oxygens (including phenoxy) is 2. The summed E-state index contributed by atoms with van der Waals surface area (Å²) in [6.45, 7) is 6.52. The molecule has 1 saturated heterocycles. The van der Waals surface area contributed by atoms with Crippen molar-refractivity contribution in [2.75, 3.05) is 50.1 Å². The summed E-state index contributed by atoms with van der Waals surface area (Å²) < 4.78 is 11.5. The van der Waals surface area contributed by atoms with Gasteiger partial charge in [-0.15, -0.1) is 0 Å². The van der Waals surface area contributed by atoms with Crippen molar-refractivity contribution in [3.8, 4) is 11.5 Å². The molecule has 0 atom stereocenters. The zero-order valence-electron chi connectivity index (χ0n) is 21.6. The summed E-state index contributed by atoms with van der Waals surface area (Å²) in [4.78, 5) is 23.9. The van der Waals surface area contributed by atoms with Crippen LogP contribution in [-0.2, 0) is 6.54 Å². The van der Waals surface area contributed by atoms with Crippen LogP contribution in [0.1, 0.15) is 11.1 Å². The van der Waals surface area contributed by atoms with E-state index in [0.29, 0.717) is 11.3 Å². The van der Waals surface area contributed by atoms with Gasteiger partial charge in [0.15, 0.2) is 5.75 Å². The minimum absolute atomic E-state index is 0.443. The van der Waals surface area contributed by atoms with Gasteiger partial charge in [0.05, 0.1) is 12.8 Å². The minimum atomic E-state index is -0.443. The van der Waals surface area contributed by atoms with E-state index < -0.39 is 6.09 Å². The number of pyridine rings is 1. The zero-order chi connectivity index (χ0) is 25.8. The van der Waals surface area contributed by atoms with Gasteiger partial charge in [-0.25, -0.2) is 4.79 Å². The summed E-state index contributed by atoms with van der Waals surface area (Å²) in [5, 5.41) is 1.01. The molecular weight excluding hydrogens is 464 g/mol. The fourth-order valence-electron chi connectivity index (χ4n) is 4.89. The van der Waals surface area contributed by atoms with Gasteiger partial charge >= 0.3 is 6.09 Å². The predicted octanol–water partition coefficient (Wildman–Crippen LogP) is 5.51. The van der Waals surface area contributed by atoms with Gasteiger partial charge in [0.25, 0.3) is 0 Å². The van der Waals surface area contributed by atoms with Crippen LogP contribution in [0.5, 0.6) is 11.5 Å². The van der Waals surface area contributed by atoms with Gasteiger partial charge in [-0.05, 0) is 48.4 Å². The van der Waals surface area contributed by atoms with Gasteiger partial charge in [-0.2, -0.15) is 0 Å². The number of aryl methyl sites for hydroxylation is 1. The molecule has 0 unspecified atom stereocenters. The summed E-state index contributed by atoms with van der Waals surface area (Å²) in [7, 11) is 3.43. The molecule has 1 aliphatic heterocycles. The van der Waals surface area contributed by atoms with E-state index in [2.05, 4.69) is 39.0 Å². The summed E-state index contributed by atoms with van der Waals surface area (Å²) in [5.74, 6) is 1.42. The molecular formula is C30H32N4O3. The van der Waals surface area contributed by atoms with Crippen molar-refractivity contribution in [3.63, 3.8) is 0 Å². The highest BCUT2D eigenvalue weighted by molar-refractivity contribution is 5.94. The first-order valence-corrected chi connectivity index (χ1v) is 12.5. The van der Waals surface area contributed by atoms with Crippen molar-refractivity contribution < 1.29 is 14.3 Å². The van der Waals surface area contributed by atoms with E-state index >= 15 is 0 Å². The van der Waals surface area contributed by atoms with Crippen LogP contribution >= 0.6 is 0 Å². The van der Waals surface area contributed by atoms with E-state index in [1.807, 2.05) is 55.5 Å². The molecule has 2 heterocycles. The maximum Gasteiger partial charge on any atom is 0.419 e. The van der Waals surface area contributed by atoms with Crippen LogP contribution in [-0.4, -0.2) is 56.3 Å². The summed E-state index contributed by atoms with van der Waals surface area (Å²) in [6, 6.07) is 23.8. The molecule has 4 aromatic rings. The third-order valence-corrected chi connectivity index (χ3v) is 6.92. The monoisotopic (exact) mass is 496 g/mol. The number of amides is 1. The number of aromatic nitrogens is 1. The molecule has 3 aromatic carbocycles. The molecule has 0 N–H and O–H groups in total. The van der Waals surface area contributed by atoms with E-state index in [1.54, 1.807) is 20.4 Å². The highest BCUT2D eigenvalue weighted by atomic mass is 16.6. The number of hydrogen-bond acceptors (Lipinski definition) is 6. The molecule has 5 rings (SSSR count). The van der Waals surface area contributed by atoms with Crippen LogP contribution in [0.15, 0.2) is 79.0 Å². The maximum absolute atomic E-state index is 13.0. The summed E-state index contributed by atoms with van der Waals surface area (Å²) >= 11 is 0. The number of methoxy groups -OCH3 is 1. The molecule has 1 aliphatic rings. The van der Waals surface area contributed by atoms with Crippen molar-refractivity contribution in [2.24, 2.45) is 0 Å². The Kier molecular flexibility index (Phi) is 7.23. The first kappa shape index (κ1) is 24.6. The van der Waals surface area contributed by atoms with Gasteiger partial charge < -0.3 is 14.4 Å². The van der Waals surface area contributed by atoms with Crippen LogP contribution in [0.4, 0.5) is 16.2 Å². The maximum atomic E-state index is 13.0. The number of piperazine rings is 1. The standard InChI is InChI=1S/C30H32N4O3/c1-22-20-23(21-33-16-18-34(19-17-33)26-13-7-8-14-27(26)36-3)25-12-9-15-31-28(25)29(22)37-30(35)32(2)24-10-5-4-6-11-24/h4-15,20H,16-19,21H2,1-3H3. The predicted molar refractivity (Wildman–Crippen MR) is 148 cm³/mol. The van der Waals surface area contributed by atoms with Crippen molar-refractivity contribution in [3.05, 3.63) is 90.1 Å². The Hall–Kier alpha value is -4.10. The van der Waals surface area contributed by atoms with E-state index in [4.69, 9.17) is 9.47 Å². The third kappa shape index (κ3) is 5.22. The normalized spacial score (nSPS) is 14.0. The molecule has 0 spiro atoms. The Balaban J connectivity index is 1.33. The molecule has 37 heavy (non-hydrogen) atoms. The Bertz CT molecular complexity index is 1380. The second-order valence-corrected chi connectivity index (χ2v) is 9.28. The number of nitrogens with zero attached hydrogens (tertiary/aromatic N) is 4. The van der Waals surface area contributed by atoms with E-state index in [9.17, 15) is 4.79 Å². The quantitative estimate of drug-likeness (QED) is 0.351. The smallest absolute Gasteiger partial charge is 0.419 e. The lowest BCUT2D eigenvalue weighted by Crippen LogP contribution is -2.46. The van der Waals surface area contributed by atoms with Gasteiger partial charge in [-0.1, -0.05) is 42.5 Å². The average molecular weight is 497 g/mol. The highest BCUT2D eigenvalue weighted by Crippen LogP contribution is 2.33. The second kappa shape index (κ2) is 10.9. The Morgan fingerprint density at radius 1 is 0.973 bits per heavy atom. The molecule has 0 saturated carbocycles. The fourth-order valence-corrected chi connectivity index (χ4v) is 4.89. The number of hydrogen-bond donors (Lipinski definition) is 0. The second-order valence-electron chi connectivity index (χ2n) is 9.28. The van der Waals surface area contributed by atoms with E-state index in [0.717, 1.165) is 60.8 Å². The molecule has 0 bridgehead atoms. The first-order valence-electron chi connectivity index (χ1n) is 12.5. The van der Waals surface area contributed by atoms with Crippen molar-refractivity contribution in [1.29, 1.82) is 0 Å². The molecule has 7 nitrogen and oxygen atoms in total. The van der Waals surface area contributed by atoms with Crippen molar-refractivity contribution in [1.82, 2.24) is 9.88 Å². The number of anilines is 2. The number of para-hydroxylation sites is 3. The van der Waals surface area contributed by atoms with Crippen molar-refractivity contribution >= 4 is 28.4 Å². The fraction of sp³-hybridized carbons (Fsp3) is 0.267. The van der Waals surface area contributed by atoms with Crippen LogP contribution in [0.25, 0.3) is 10.9 Å². The Morgan fingerprint density at radius 3 is 2.46 bits per heavy atom. The van der Waals surface area contributed by atoms with Crippen LogP contribution in [0.2, 0.25) is 0 Å². The third-order valence-electron chi connectivity index (χ3n) is 6.92. The number of carbonyl (C=O) groups is 1. The Labute approximate surface area is 217 Å².